The molecule has 0 bridgehead atoms. The molecule has 2 aromatic rings. The molecular weight excluding hydrogens is 468 g/mol. The Bertz CT molecular complexity index is 1200. The molecule has 0 saturated carbocycles. The molecule has 0 aliphatic carbocycles. The van der Waals surface area contributed by atoms with Gasteiger partial charge in [-0.3, -0.25) is 14.8 Å². The third-order valence-corrected chi connectivity index (χ3v) is 8.64. The third-order valence-electron chi connectivity index (χ3n) is 7.26. The molecule has 5 unspecified atom stereocenters. The fourth-order valence-corrected chi connectivity index (χ4v) is 6.44. The zero-order valence-corrected chi connectivity index (χ0v) is 20.4. The van der Waals surface area contributed by atoms with E-state index in [-0.39, 0.29) is 30.4 Å². The first-order valence-corrected chi connectivity index (χ1v) is 13.3. The summed E-state index contributed by atoms with van der Waals surface area (Å²) in [5, 5.41) is 10.1. The SMILES string of the molecule is CC(C(=O)C(CC1CNCCC1S(=O)(=O)O)c1cccc(C(=N)N)c1)C1CNOc2ccccc21. The number of Topliss-reactive ketones (excluding diaryl/α,β-unsaturated/α-hetero) is 1. The van der Waals surface area contributed by atoms with Crippen LogP contribution in [0.3, 0.4) is 0 Å². The van der Waals surface area contributed by atoms with Crippen LogP contribution in [-0.2, 0) is 14.9 Å². The maximum atomic E-state index is 14.1. The maximum absolute atomic E-state index is 14.1. The molecule has 2 heterocycles. The lowest BCUT2D eigenvalue weighted by Gasteiger charge is -2.35. The van der Waals surface area contributed by atoms with Crippen LogP contribution < -0.4 is 21.4 Å². The number of amidine groups is 1. The standard InChI is InChI=1S/C25H32N4O5S/c1-15(21-14-29-34-22-8-3-2-7-19(21)22)24(30)20(16-5-4-6-17(11-16)25(26)27)12-18-13-28-10-9-23(18)35(31,32)33/h2-8,11,15,18,20-21,23,28-29H,9-10,12-14H2,1H3,(H3,26,27)(H,31,32,33). The minimum absolute atomic E-state index is 0.0335. The second-order valence-electron chi connectivity index (χ2n) is 9.42. The summed E-state index contributed by atoms with van der Waals surface area (Å²) in [5.74, 6) is -1.07. The van der Waals surface area contributed by atoms with Gasteiger partial charge in [-0.1, -0.05) is 43.3 Å². The van der Waals surface area contributed by atoms with E-state index in [0.717, 1.165) is 5.56 Å². The number of rotatable bonds is 8. The number of carbonyl (C=O) groups is 1. The van der Waals surface area contributed by atoms with Gasteiger partial charge in [-0.15, -0.1) is 0 Å². The monoisotopic (exact) mass is 500 g/mol. The average molecular weight is 501 g/mol. The largest absolute Gasteiger partial charge is 0.408 e. The predicted molar refractivity (Wildman–Crippen MR) is 133 cm³/mol. The molecule has 188 valence electrons. The number of para-hydroxylation sites is 1. The predicted octanol–water partition coefficient (Wildman–Crippen LogP) is 2.20. The van der Waals surface area contributed by atoms with Crippen molar-refractivity contribution in [2.75, 3.05) is 19.6 Å². The van der Waals surface area contributed by atoms with Gasteiger partial charge in [-0.05, 0) is 49.5 Å². The normalized spacial score (nSPS) is 24.0. The summed E-state index contributed by atoms with van der Waals surface area (Å²) in [6.07, 6.45) is 0.533. The number of piperidine rings is 1. The summed E-state index contributed by atoms with van der Waals surface area (Å²) < 4.78 is 34.1. The third kappa shape index (κ3) is 5.56. The van der Waals surface area contributed by atoms with Crippen molar-refractivity contribution >= 4 is 21.7 Å². The van der Waals surface area contributed by atoms with Crippen molar-refractivity contribution in [1.29, 1.82) is 5.41 Å². The van der Waals surface area contributed by atoms with Crippen LogP contribution in [0.4, 0.5) is 0 Å². The molecule has 35 heavy (non-hydrogen) atoms. The van der Waals surface area contributed by atoms with Crippen molar-refractivity contribution < 1.29 is 22.6 Å². The number of nitrogens with two attached hydrogens (primary N) is 1. The molecule has 2 aliphatic rings. The number of hydrogen-bond acceptors (Lipinski definition) is 7. The smallest absolute Gasteiger partial charge is 0.268 e. The number of benzene rings is 2. The van der Waals surface area contributed by atoms with Crippen molar-refractivity contribution in [3.05, 3.63) is 65.2 Å². The fraction of sp³-hybridized carbons (Fsp3) is 0.440. The molecule has 2 aliphatic heterocycles. The summed E-state index contributed by atoms with van der Waals surface area (Å²) in [5.41, 5.74) is 10.7. The molecule has 6 N–H and O–H groups in total. The quantitative estimate of drug-likeness (QED) is 0.210. The number of fused-ring (bicyclic) bond motifs is 1. The van der Waals surface area contributed by atoms with Gasteiger partial charge in [0.1, 0.15) is 11.6 Å². The average Bonchev–Trinajstić information content (AvgIpc) is 2.85. The lowest BCUT2D eigenvalue weighted by atomic mass is 9.74. The molecule has 1 saturated heterocycles. The zero-order valence-electron chi connectivity index (χ0n) is 19.6. The van der Waals surface area contributed by atoms with Gasteiger partial charge in [0.05, 0.1) is 5.25 Å². The Hall–Kier alpha value is -2.79. The van der Waals surface area contributed by atoms with Gasteiger partial charge < -0.3 is 15.9 Å². The molecule has 9 nitrogen and oxygen atoms in total. The first kappa shape index (κ1) is 25.3. The van der Waals surface area contributed by atoms with Crippen molar-refractivity contribution in [1.82, 2.24) is 10.8 Å². The molecule has 1 fully saturated rings. The van der Waals surface area contributed by atoms with Crippen LogP contribution in [0.15, 0.2) is 48.5 Å². The Morgan fingerprint density at radius 1 is 1.23 bits per heavy atom. The summed E-state index contributed by atoms with van der Waals surface area (Å²) in [6, 6.07) is 14.6. The number of ketones is 1. The van der Waals surface area contributed by atoms with Crippen molar-refractivity contribution in [3.63, 3.8) is 0 Å². The Kier molecular flexibility index (Phi) is 7.56. The van der Waals surface area contributed by atoms with E-state index >= 15 is 0 Å². The Morgan fingerprint density at radius 3 is 2.74 bits per heavy atom. The van der Waals surface area contributed by atoms with Crippen molar-refractivity contribution in [2.45, 2.75) is 36.9 Å². The summed E-state index contributed by atoms with van der Waals surface area (Å²) in [4.78, 5) is 19.6. The molecule has 0 aromatic heterocycles. The highest BCUT2D eigenvalue weighted by molar-refractivity contribution is 7.86. The molecule has 5 atom stereocenters. The fourth-order valence-electron chi connectivity index (χ4n) is 5.33. The summed E-state index contributed by atoms with van der Waals surface area (Å²) in [7, 11) is -4.26. The van der Waals surface area contributed by atoms with Crippen LogP contribution in [0, 0.1) is 17.2 Å². The minimum Gasteiger partial charge on any atom is -0.408 e. The van der Waals surface area contributed by atoms with Gasteiger partial charge >= 0.3 is 0 Å². The number of nitrogen functional groups attached to an aromatic ring is 1. The number of carbonyl (C=O) groups excluding carboxylic acids is 1. The Labute approximate surface area is 205 Å². The zero-order chi connectivity index (χ0) is 25.2. The van der Waals surface area contributed by atoms with Gasteiger partial charge in [0.2, 0.25) is 0 Å². The van der Waals surface area contributed by atoms with Crippen LogP contribution >= 0.6 is 0 Å². The minimum atomic E-state index is -4.26. The van der Waals surface area contributed by atoms with Crippen molar-refractivity contribution in [2.24, 2.45) is 17.6 Å². The number of nitrogens with one attached hydrogen (secondary N) is 3. The summed E-state index contributed by atoms with van der Waals surface area (Å²) in [6.45, 7) is 3.22. The second-order valence-corrected chi connectivity index (χ2v) is 11.1. The lowest BCUT2D eigenvalue weighted by molar-refractivity contribution is -0.125. The first-order valence-electron chi connectivity index (χ1n) is 11.8. The molecular formula is C25H32N4O5S. The highest BCUT2D eigenvalue weighted by Gasteiger charge is 2.40. The van der Waals surface area contributed by atoms with Gasteiger partial charge in [0.15, 0.2) is 5.75 Å². The van der Waals surface area contributed by atoms with E-state index in [1.165, 1.54) is 0 Å². The van der Waals surface area contributed by atoms with E-state index in [0.29, 0.717) is 36.5 Å². The van der Waals surface area contributed by atoms with Crippen LogP contribution in [0.5, 0.6) is 5.75 Å². The Morgan fingerprint density at radius 2 is 2.00 bits per heavy atom. The molecule has 4 rings (SSSR count). The number of hydrogen-bond donors (Lipinski definition) is 5. The van der Waals surface area contributed by atoms with E-state index in [4.69, 9.17) is 16.0 Å². The highest BCUT2D eigenvalue weighted by Crippen LogP contribution is 2.39. The highest BCUT2D eigenvalue weighted by atomic mass is 32.2. The van der Waals surface area contributed by atoms with Crippen LogP contribution in [-0.4, -0.2) is 49.5 Å². The Balaban J connectivity index is 1.69. The second kappa shape index (κ2) is 10.4. The van der Waals surface area contributed by atoms with Gasteiger partial charge in [0, 0.05) is 35.4 Å². The van der Waals surface area contributed by atoms with Crippen LogP contribution in [0.2, 0.25) is 0 Å². The van der Waals surface area contributed by atoms with E-state index in [2.05, 4.69) is 10.8 Å². The summed E-state index contributed by atoms with van der Waals surface area (Å²) >= 11 is 0. The van der Waals surface area contributed by atoms with Crippen LogP contribution in [0.25, 0.3) is 0 Å². The molecule has 10 heteroatoms. The number of hydroxylamine groups is 1. The van der Waals surface area contributed by atoms with Crippen LogP contribution in [0.1, 0.15) is 48.3 Å². The maximum Gasteiger partial charge on any atom is 0.268 e. The van der Waals surface area contributed by atoms with Gasteiger partial charge in [-0.25, -0.2) is 0 Å². The first-order chi connectivity index (χ1) is 16.7. The molecule has 0 radical (unpaired) electrons. The van der Waals surface area contributed by atoms with Crippen molar-refractivity contribution in [3.8, 4) is 5.75 Å². The van der Waals surface area contributed by atoms with E-state index in [9.17, 15) is 17.8 Å². The molecule has 2 aromatic carbocycles. The molecule has 0 spiro atoms. The van der Waals surface area contributed by atoms with Gasteiger partial charge in [-0.2, -0.15) is 13.9 Å². The van der Waals surface area contributed by atoms with E-state index in [1.807, 2.05) is 37.3 Å². The lowest BCUT2D eigenvalue weighted by Crippen LogP contribution is -2.45. The van der Waals surface area contributed by atoms with Gasteiger partial charge in [0.25, 0.3) is 10.1 Å². The van der Waals surface area contributed by atoms with E-state index in [1.54, 1.807) is 18.2 Å². The van der Waals surface area contributed by atoms with E-state index < -0.39 is 33.1 Å². The topological polar surface area (TPSA) is 155 Å². The molecule has 0 amide bonds.